The third-order valence-electron chi connectivity index (χ3n) is 4.29. The summed E-state index contributed by atoms with van der Waals surface area (Å²) in [7, 11) is 0. The van der Waals surface area contributed by atoms with Crippen LogP contribution in [0.5, 0.6) is 0 Å². The molecule has 3 unspecified atom stereocenters. The van der Waals surface area contributed by atoms with Crippen LogP contribution in [0.2, 0.25) is 0 Å². The first-order valence-corrected chi connectivity index (χ1v) is 6.56. The largest absolute Gasteiger partial charge is 0.354 e. The second-order valence-electron chi connectivity index (χ2n) is 5.28. The van der Waals surface area contributed by atoms with Crippen molar-refractivity contribution in [2.45, 2.75) is 25.3 Å². The molecule has 0 saturated carbocycles. The Morgan fingerprint density at radius 1 is 1.29 bits per heavy atom. The van der Waals surface area contributed by atoms with Crippen molar-refractivity contribution in [3.05, 3.63) is 0 Å². The van der Waals surface area contributed by atoms with E-state index in [0.29, 0.717) is 6.54 Å². The summed E-state index contributed by atoms with van der Waals surface area (Å²) in [6.07, 6.45) is 2.83. The normalized spacial score (nSPS) is 36.8. The fourth-order valence-electron chi connectivity index (χ4n) is 3.33. The molecule has 0 aromatic carbocycles. The minimum Gasteiger partial charge on any atom is -0.354 e. The number of amides is 2. The number of carbonyl (C=O) groups is 2. The maximum Gasteiger partial charge on any atom is 0.227 e. The van der Waals surface area contributed by atoms with Gasteiger partial charge in [-0.1, -0.05) is 0 Å². The highest BCUT2D eigenvalue weighted by atomic mass is 16.2. The molecule has 3 saturated heterocycles. The van der Waals surface area contributed by atoms with Crippen molar-refractivity contribution in [3.8, 4) is 0 Å². The van der Waals surface area contributed by atoms with Gasteiger partial charge in [0, 0.05) is 19.6 Å². The highest BCUT2D eigenvalue weighted by Crippen LogP contribution is 2.29. The first kappa shape index (κ1) is 11.0. The number of rotatable bonds is 1. The van der Waals surface area contributed by atoms with Crippen molar-refractivity contribution < 1.29 is 9.59 Å². The molecule has 0 spiro atoms. The van der Waals surface area contributed by atoms with Gasteiger partial charge in [0.1, 0.15) is 0 Å². The summed E-state index contributed by atoms with van der Waals surface area (Å²) in [6.45, 7) is 3.21. The molecule has 0 bridgehead atoms. The molecule has 94 valence electrons. The summed E-state index contributed by atoms with van der Waals surface area (Å²) in [6, 6.07) is 0.115. The van der Waals surface area contributed by atoms with E-state index in [0.717, 1.165) is 38.9 Å². The number of likely N-dealkylation sites (tertiary alicyclic amines) is 1. The molecule has 3 fully saturated rings. The Kier molecular flexibility index (Phi) is 2.78. The van der Waals surface area contributed by atoms with E-state index in [1.807, 2.05) is 4.90 Å². The molecule has 3 aliphatic heterocycles. The number of nitrogens with one attached hydrogen (secondary N) is 2. The molecule has 0 aromatic rings. The summed E-state index contributed by atoms with van der Waals surface area (Å²) in [5.41, 5.74) is 0. The van der Waals surface area contributed by atoms with E-state index in [2.05, 4.69) is 10.6 Å². The summed E-state index contributed by atoms with van der Waals surface area (Å²) >= 11 is 0. The SMILES string of the molecule is O=C1NCC2C1CCCN2C(=O)C1CCNC1. The fourth-order valence-corrected chi connectivity index (χ4v) is 3.33. The van der Waals surface area contributed by atoms with Gasteiger partial charge in [0.05, 0.1) is 17.9 Å². The monoisotopic (exact) mass is 237 g/mol. The van der Waals surface area contributed by atoms with Gasteiger partial charge in [0.15, 0.2) is 0 Å². The van der Waals surface area contributed by atoms with Crippen molar-refractivity contribution in [2.75, 3.05) is 26.2 Å². The van der Waals surface area contributed by atoms with Crippen molar-refractivity contribution in [1.29, 1.82) is 0 Å². The number of fused-ring (bicyclic) bond motifs is 1. The zero-order valence-corrected chi connectivity index (χ0v) is 9.95. The van der Waals surface area contributed by atoms with Crippen LogP contribution in [0.4, 0.5) is 0 Å². The molecule has 5 heteroatoms. The van der Waals surface area contributed by atoms with Crippen LogP contribution in [0.25, 0.3) is 0 Å². The molecule has 3 rings (SSSR count). The lowest BCUT2D eigenvalue weighted by Crippen LogP contribution is -2.51. The smallest absolute Gasteiger partial charge is 0.227 e. The van der Waals surface area contributed by atoms with Crippen LogP contribution in [0.1, 0.15) is 19.3 Å². The zero-order chi connectivity index (χ0) is 11.8. The number of carbonyl (C=O) groups excluding carboxylic acids is 2. The number of nitrogens with zero attached hydrogens (tertiary/aromatic N) is 1. The van der Waals surface area contributed by atoms with Gasteiger partial charge < -0.3 is 15.5 Å². The third kappa shape index (κ3) is 1.82. The average Bonchev–Trinajstić information content (AvgIpc) is 2.98. The molecule has 2 amide bonds. The van der Waals surface area contributed by atoms with Gasteiger partial charge in [-0.3, -0.25) is 9.59 Å². The second kappa shape index (κ2) is 4.29. The molecule has 0 aromatic heterocycles. The van der Waals surface area contributed by atoms with Crippen LogP contribution in [0.15, 0.2) is 0 Å². The van der Waals surface area contributed by atoms with Gasteiger partial charge in [0.25, 0.3) is 0 Å². The minimum atomic E-state index is 0.0436. The Morgan fingerprint density at radius 2 is 2.18 bits per heavy atom. The highest BCUT2D eigenvalue weighted by molar-refractivity contribution is 5.85. The first-order chi connectivity index (χ1) is 8.27. The van der Waals surface area contributed by atoms with Crippen LogP contribution >= 0.6 is 0 Å². The topological polar surface area (TPSA) is 61.4 Å². The van der Waals surface area contributed by atoms with Crippen molar-refractivity contribution in [3.63, 3.8) is 0 Å². The van der Waals surface area contributed by atoms with Crippen LogP contribution in [0, 0.1) is 11.8 Å². The number of hydrogen-bond acceptors (Lipinski definition) is 3. The molecule has 5 nitrogen and oxygen atoms in total. The number of piperidine rings is 1. The zero-order valence-electron chi connectivity index (χ0n) is 9.95. The van der Waals surface area contributed by atoms with Crippen molar-refractivity contribution in [1.82, 2.24) is 15.5 Å². The minimum absolute atomic E-state index is 0.0436. The lowest BCUT2D eigenvalue weighted by Gasteiger charge is -2.37. The predicted molar refractivity (Wildman–Crippen MR) is 62.2 cm³/mol. The fraction of sp³-hybridized carbons (Fsp3) is 0.833. The van der Waals surface area contributed by atoms with E-state index >= 15 is 0 Å². The van der Waals surface area contributed by atoms with E-state index < -0.39 is 0 Å². The summed E-state index contributed by atoms with van der Waals surface area (Å²) in [4.78, 5) is 26.0. The molecule has 2 N–H and O–H groups in total. The predicted octanol–water partition coefficient (Wildman–Crippen LogP) is -0.667. The van der Waals surface area contributed by atoms with E-state index in [9.17, 15) is 9.59 Å². The summed E-state index contributed by atoms with van der Waals surface area (Å²) < 4.78 is 0. The lowest BCUT2D eigenvalue weighted by atomic mass is 9.90. The van der Waals surface area contributed by atoms with Crippen LogP contribution in [-0.2, 0) is 9.59 Å². The number of hydrogen-bond donors (Lipinski definition) is 2. The quantitative estimate of drug-likeness (QED) is 0.636. The van der Waals surface area contributed by atoms with Gasteiger partial charge in [-0.25, -0.2) is 0 Å². The van der Waals surface area contributed by atoms with E-state index in [4.69, 9.17) is 0 Å². The second-order valence-corrected chi connectivity index (χ2v) is 5.28. The Bertz CT molecular complexity index is 339. The summed E-state index contributed by atoms with van der Waals surface area (Å²) in [5.74, 6) is 0.560. The van der Waals surface area contributed by atoms with Crippen LogP contribution in [-0.4, -0.2) is 48.9 Å². The molecule has 0 aliphatic carbocycles. The van der Waals surface area contributed by atoms with Gasteiger partial charge in [-0.05, 0) is 25.8 Å². The van der Waals surface area contributed by atoms with Gasteiger partial charge >= 0.3 is 0 Å². The van der Waals surface area contributed by atoms with Gasteiger partial charge in [-0.2, -0.15) is 0 Å². The molecular weight excluding hydrogens is 218 g/mol. The molecule has 17 heavy (non-hydrogen) atoms. The molecule has 3 atom stereocenters. The Morgan fingerprint density at radius 3 is 2.94 bits per heavy atom. The molecule has 3 aliphatic rings. The van der Waals surface area contributed by atoms with Gasteiger partial charge in [-0.15, -0.1) is 0 Å². The Balaban J connectivity index is 1.73. The highest BCUT2D eigenvalue weighted by Gasteiger charge is 2.43. The molecular formula is C12H19N3O2. The van der Waals surface area contributed by atoms with Crippen molar-refractivity contribution >= 4 is 11.8 Å². The Hall–Kier alpha value is -1.10. The van der Waals surface area contributed by atoms with Crippen molar-refractivity contribution in [2.24, 2.45) is 11.8 Å². The van der Waals surface area contributed by atoms with Crippen LogP contribution < -0.4 is 10.6 Å². The van der Waals surface area contributed by atoms with E-state index in [-0.39, 0.29) is 29.7 Å². The van der Waals surface area contributed by atoms with Crippen LogP contribution in [0.3, 0.4) is 0 Å². The average molecular weight is 237 g/mol. The van der Waals surface area contributed by atoms with E-state index in [1.165, 1.54) is 0 Å². The summed E-state index contributed by atoms with van der Waals surface area (Å²) in [5, 5.41) is 6.12. The maximum atomic E-state index is 12.4. The lowest BCUT2D eigenvalue weighted by molar-refractivity contribution is -0.140. The molecule has 0 radical (unpaired) electrons. The standard InChI is InChI=1S/C12H19N3O2/c16-11-9-2-1-5-15(10(9)7-14-11)12(17)8-3-4-13-6-8/h8-10,13H,1-7H2,(H,14,16). The Labute approximate surface area is 101 Å². The maximum absolute atomic E-state index is 12.4. The molecule has 3 heterocycles. The third-order valence-corrected chi connectivity index (χ3v) is 4.29. The van der Waals surface area contributed by atoms with E-state index in [1.54, 1.807) is 0 Å². The van der Waals surface area contributed by atoms with Gasteiger partial charge in [0.2, 0.25) is 11.8 Å². The first-order valence-electron chi connectivity index (χ1n) is 6.56.